The molecule has 0 aliphatic carbocycles. The maximum atomic E-state index is 5.61. The second-order valence-electron chi connectivity index (χ2n) is 3.27. The highest BCUT2D eigenvalue weighted by molar-refractivity contribution is 9.10. The molecule has 5 heteroatoms. The molecule has 1 aromatic heterocycles. The van der Waals surface area contributed by atoms with Crippen molar-refractivity contribution in [1.29, 1.82) is 0 Å². The van der Waals surface area contributed by atoms with E-state index in [-0.39, 0.29) is 6.08 Å². The lowest BCUT2D eigenvalue weighted by Gasteiger charge is -2.03. The van der Waals surface area contributed by atoms with Crippen LogP contribution in [-0.4, -0.2) is 4.98 Å². The minimum atomic E-state index is 0.195. The first-order chi connectivity index (χ1) is 7.69. The van der Waals surface area contributed by atoms with E-state index >= 15 is 0 Å². The molecule has 0 amide bonds. The van der Waals surface area contributed by atoms with E-state index in [2.05, 4.69) is 20.9 Å². The Kier molecular flexibility index (Phi) is 3.51. The summed E-state index contributed by atoms with van der Waals surface area (Å²) < 4.78 is 11.4. The zero-order chi connectivity index (χ0) is 11.5. The van der Waals surface area contributed by atoms with Gasteiger partial charge in [0.15, 0.2) is 0 Å². The lowest BCUT2D eigenvalue weighted by atomic mass is 10.2. The Balaban J connectivity index is 2.20. The van der Waals surface area contributed by atoms with Crippen LogP contribution in [0.15, 0.2) is 33.4 Å². The average Bonchev–Trinajstić information content (AvgIpc) is 2.70. The van der Waals surface area contributed by atoms with Crippen molar-refractivity contribution in [3.05, 3.63) is 40.2 Å². The highest BCUT2D eigenvalue weighted by Crippen LogP contribution is 2.29. The summed E-state index contributed by atoms with van der Waals surface area (Å²) in [6.45, 7) is 2.01. The highest BCUT2D eigenvalue weighted by atomic mass is 79.9. The third-order valence-electron chi connectivity index (χ3n) is 1.95. The van der Waals surface area contributed by atoms with Gasteiger partial charge >= 0.3 is 6.08 Å². The number of rotatable bonds is 3. The summed E-state index contributed by atoms with van der Waals surface area (Å²) in [5.74, 6) is 0.968. The molecule has 0 saturated carbocycles. The molecule has 0 unspecified atom stereocenters. The van der Waals surface area contributed by atoms with Gasteiger partial charge in [0, 0.05) is 0 Å². The standard InChI is InChI=1S/C11H9BrClNO2/c1-7-2-3-10(9(12)4-7)16-11-14-8(5-13)6-15-11/h2-4,6H,5H2,1H3. The SMILES string of the molecule is Cc1ccc(Oc2nc(CCl)co2)c(Br)c1. The van der Waals surface area contributed by atoms with Gasteiger partial charge < -0.3 is 9.15 Å². The summed E-state index contributed by atoms with van der Waals surface area (Å²) in [6, 6.07) is 5.76. The topological polar surface area (TPSA) is 35.3 Å². The van der Waals surface area contributed by atoms with Crippen LogP contribution in [0.4, 0.5) is 0 Å². The summed E-state index contributed by atoms with van der Waals surface area (Å²) in [5.41, 5.74) is 1.80. The van der Waals surface area contributed by atoms with E-state index < -0.39 is 0 Å². The predicted molar refractivity (Wildman–Crippen MR) is 65.0 cm³/mol. The maximum Gasteiger partial charge on any atom is 0.399 e. The number of halogens is 2. The number of oxazole rings is 1. The van der Waals surface area contributed by atoms with Crippen LogP contribution in [0, 0.1) is 6.92 Å². The van der Waals surface area contributed by atoms with Crippen molar-refractivity contribution in [3.8, 4) is 11.8 Å². The van der Waals surface area contributed by atoms with Crippen LogP contribution in [0.1, 0.15) is 11.3 Å². The van der Waals surface area contributed by atoms with Crippen LogP contribution in [0.5, 0.6) is 11.8 Å². The number of aryl methyl sites for hydroxylation is 1. The Hall–Kier alpha value is -1.00. The molecule has 0 atom stereocenters. The Bertz CT molecular complexity index is 498. The van der Waals surface area contributed by atoms with Crippen molar-refractivity contribution in [1.82, 2.24) is 4.98 Å². The van der Waals surface area contributed by atoms with E-state index in [0.29, 0.717) is 17.3 Å². The molecule has 2 aromatic rings. The van der Waals surface area contributed by atoms with Gasteiger partial charge in [-0.25, -0.2) is 0 Å². The molecule has 0 bridgehead atoms. The smallest absolute Gasteiger partial charge is 0.399 e. The van der Waals surface area contributed by atoms with Crippen LogP contribution in [-0.2, 0) is 5.88 Å². The molecule has 84 valence electrons. The Morgan fingerprint density at radius 1 is 1.50 bits per heavy atom. The third-order valence-corrected chi connectivity index (χ3v) is 2.85. The largest absolute Gasteiger partial charge is 0.417 e. The summed E-state index contributed by atoms with van der Waals surface area (Å²) >= 11 is 9.02. The Labute approximate surface area is 107 Å². The van der Waals surface area contributed by atoms with Crippen LogP contribution in [0.3, 0.4) is 0 Å². The van der Waals surface area contributed by atoms with Crippen molar-refractivity contribution >= 4 is 27.5 Å². The molecule has 0 radical (unpaired) electrons. The number of alkyl halides is 1. The van der Waals surface area contributed by atoms with Crippen LogP contribution >= 0.6 is 27.5 Å². The summed E-state index contributed by atoms with van der Waals surface area (Å²) in [6.07, 6.45) is 1.67. The molecule has 0 spiro atoms. The number of aromatic nitrogens is 1. The molecule has 1 heterocycles. The van der Waals surface area contributed by atoms with Crippen LogP contribution < -0.4 is 4.74 Å². The van der Waals surface area contributed by atoms with Crippen molar-refractivity contribution in [2.75, 3.05) is 0 Å². The molecule has 0 aliphatic heterocycles. The molecule has 1 aromatic carbocycles. The third kappa shape index (κ3) is 2.57. The number of ether oxygens (including phenoxy) is 1. The molecule has 16 heavy (non-hydrogen) atoms. The summed E-state index contributed by atoms with van der Waals surface area (Å²) in [5, 5.41) is 0. The first kappa shape index (κ1) is 11.5. The van der Waals surface area contributed by atoms with E-state index in [9.17, 15) is 0 Å². The normalized spacial score (nSPS) is 10.4. The second kappa shape index (κ2) is 4.89. The van der Waals surface area contributed by atoms with Gasteiger partial charge in [-0.1, -0.05) is 6.07 Å². The monoisotopic (exact) mass is 301 g/mol. The van der Waals surface area contributed by atoms with Crippen LogP contribution in [0.25, 0.3) is 0 Å². The number of hydrogen-bond acceptors (Lipinski definition) is 3. The van der Waals surface area contributed by atoms with E-state index in [1.165, 1.54) is 6.26 Å². The lowest BCUT2D eigenvalue weighted by molar-refractivity contribution is 0.329. The van der Waals surface area contributed by atoms with E-state index in [1.807, 2.05) is 25.1 Å². The van der Waals surface area contributed by atoms with Gasteiger partial charge in [0.1, 0.15) is 12.0 Å². The fourth-order valence-corrected chi connectivity index (χ4v) is 1.88. The predicted octanol–water partition coefficient (Wildman–Crippen LogP) is 4.28. The zero-order valence-electron chi connectivity index (χ0n) is 8.54. The quantitative estimate of drug-likeness (QED) is 0.794. The molecule has 0 N–H and O–H groups in total. The molecule has 0 fully saturated rings. The fraction of sp³-hybridized carbons (Fsp3) is 0.182. The minimum Gasteiger partial charge on any atom is -0.417 e. The van der Waals surface area contributed by atoms with Gasteiger partial charge in [0.25, 0.3) is 0 Å². The van der Waals surface area contributed by atoms with Crippen LogP contribution in [0.2, 0.25) is 0 Å². The molecule has 2 rings (SSSR count). The molecule has 0 aliphatic rings. The van der Waals surface area contributed by atoms with Crippen molar-refractivity contribution in [2.24, 2.45) is 0 Å². The molecular weight excluding hydrogens is 293 g/mol. The zero-order valence-corrected chi connectivity index (χ0v) is 10.9. The number of nitrogens with zero attached hydrogens (tertiary/aromatic N) is 1. The summed E-state index contributed by atoms with van der Waals surface area (Å²) in [4.78, 5) is 4.05. The molecule has 0 saturated heterocycles. The molecular formula is C11H9BrClNO2. The van der Waals surface area contributed by atoms with Gasteiger partial charge in [-0.2, -0.15) is 4.98 Å². The summed E-state index contributed by atoms with van der Waals surface area (Å²) in [7, 11) is 0. The van der Waals surface area contributed by atoms with Crippen molar-refractivity contribution < 1.29 is 9.15 Å². The molecule has 3 nitrogen and oxygen atoms in total. The Morgan fingerprint density at radius 2 is 2.31 bits per heavy atom. The first-order valence-electron chi connectivity index (χ1n) is 4.63. The van der Waals surface area contributed by atoms with Gasteiger partial charge in [-0.15, -0.1) is 11.6 Å². The van der Waals surface area contributed by atoms with E-state index in [0.717, 1.165) is 10.0 Å². The fourth-order valence-electron chi connectivity index (χ4n) is 1.18. The van der Waals surface area contributed by atoms with E-state index in [1.54, 1.807) is 0 Å². The van der Waals surface area contributed by atoms with Gasteiger partial charge in [-0.3, -0.25) is 0 Å². The average molecular weight is 303 g/mol. The number of benzene rings is 1. The van der Waals surface area contributed by atoms with Crippen molar-refractivity contribution in [3.63, 3.8) is 0 Å². The van der Waals surface area contributed by atoms with E-state index in [4.69, 9.17) is 20.8 Å². The van der Waals surface area contributed by atoms with Gasteiger partial charge in [0.05, 0.1) is 16.0 Å². The Morgan fingerprint density at radius 3 is 2.94 bits per heavy atom. The lowest BCUT2D eigenvalue weighted by Crippen LogP contribution is -1.86. The number of hydrogen-bond donors (Lipinski definition) is 0. The highest BCUT2D eigenvalue weighted by Gasteiger charge is 2.08. The first-order valence-corrected chi connectivity index (χ1v) is 5.96. The van der Waals surface area contributed by atoms with Gasteiger partial charge in [-0.05, 0) is 40.5 Å². The maximum absolute atomic E-state index is 5.61. The van der Waals surface area contributed by atoms with Gasteiger partial charge in [0.2, 0.25) is 0 Å². The minimum absolute atomic E-state index is 0.195. The van der Waals surface area contributed by atoms with Crippen molar-refractivity contribution in [2.45, 2.75) is 12.8 Å². The second-order valence-corrected chi connectivity index (χ2v) is 4.40.